The van der Waals surface area contributed by atoms with Gasteiger partial charge in [0, 0.05) is 18.2 Å². The topological polar surface area (TPSA) is 83.8 Å². The summed E-state index contributed by atoms with van der Waals surface area (Å²) >= 11 is 0. The molecule has 1 amide bonds. The molecule has 0 aliphatic rings. The molecule has 0 aromatic carbocycles. The fraction of sp³-hybridized carbons (Fsp3) is 0.733. The average molecular weight is 280 g/mol. The van der Waals surface area contributed by atoms with Gasteiger partial charge in [0.1, 0.15) is 0 Å². The van der Waals surface area contributed by atoms with Crippen molar-refractivity contribution in [2.75, 3.05) is 11.9 Å². The van der Waals surface area contributed by atoms with Crippen molar-refractivity contribution in [3.8, 4) is 0 Å². The van der Waals surface area contributed by atoms with E-state index in [0.29, 0.717) is 24.7 Å². The van der Waals surface area contributed by atoms with Gasteiger partial charge < -0.3 is 11.1 Å². The standard InChI is InChI=1S/C15H28N4O/c1-5-12-10-13(19-18-12)17-14(20)7-6-11(8-9-16)15(2,3)4/h10-11H,5-9,16H2,1-4H3,(H2,17,18,19,20). The first-order valence-corrected chi connectivity index (χ1v) is 7.41. The number of hydrogen-bond donors (Lipinski definition) is 3. The van der Waals surface area contributed by atoms with Gasteiger partial charge in [-0.25, -0.2) is 0 Å². The van der Waals surface area contributed by atoms with Gasteiger partial charge in [-0.1, -0.05) is 27.7 Å². The van der Waals surface area contributed by atoms with Crippen LogP contribution in [0.25, 0.3) is 0 Å². The van der Waals surface area contributed by atoms with E-state index in [1.807, 2.05) is 13.0 Å². The van der Waals surface area contributed by atoms with E-state index in [-0.39, 0.29) is 11.3 Å². The van der Waals surface area contributed by atoms with Crippen molar-refractivity contribution in [2.24, 2.45) is 17.1 Å². The number of anilines is 1. The molecule has 114 valence electrons. The molecule has 20 heavy (non-hydrogen) atoms. The highest BCUT2D eigenvalue weighted by Gasteiger charge is 2.24. The molecule has 1 heterocycles. The molecule has 0 bridgehead atoms. The van der Waals surface area contributed by atoms with Crippen LogP contribution in [-0.4, -0.2) is 22.6 Å². The molecule has 4 N–H and O–H groups in total. The number of rotatable bonds is 7. The Balaban J connectivity index is 2.45. The number of carbonyl (C=O) groups excluding carboxylic acids is 1. The molecule has 5 heteroatoms. The quantitative estimate of drug-likeness (QED) is 0.718. The van der Waals surface area contributed by atoms with E-state index in [2.05, 4.69) is 36.3 Å². The third kappa shape index (κ3) is 5.33. The van der Waals surface area contributed by atoms with E-state index in [9.17, 15) is 4.79 Å². The SMILES string of the molecule is CCc1cc(NC(=O)CCC(CCN)C(C)(C)C)n[nH]1. The smallest absolute Gasteiger partial charge is 0.225 e. The van der Waals surface area contributed by atoms with Gasteiger partial charge in [-0.05, 0) is 37.1 Å². The van der Waals surface area contributed by atoms with Gasteiger partial charge in [0.05, 0.1) is 0 Å². The predicted octanol–water partition coefficient (Wildman–Crippen LogP) is 2.70. The van der Waals surface area contributed by atoms with Gasteiger partial charge in [-0.3, -0.25) is 9.89 Å². The van der Waals surface area contributed by atoms with Crippen LogP contribution in [0.5, 0.6) is 0 Å². The first kappa shape index (κ1) is 16.7. The number of aromatic nitrogens is 2. The second-order valence-electron chi connectivity index (χ2n) is 6.36. The second kappa shape index (κ2) is 7.43. The summed E-state index contributed by atoms with van der Waals surface area (Å²) in [5.74, 6) is 1.09. The van der Waals surface area contributed by atoms with Crippen LogP contribution < -0.4 is 11.1 Å². The number of nitrogens with two attached hydrogens (primary N) is 1. The molecule has 0 fully saturated rings. The largest absolute Gasteiger partial charge is 0.330 e. The molecule has 0 spiro atoms. The molecular weight excluding hydrogens is 252 g/mol. The van der Waals surface area contributed by atoms with E-state index < -0.39 is 0 Å². The zero-order valence-corrected chi connectivity index (χ0v) is 13.1. The Hall–Kier alpha value is -1.36. The van der Waals surface area contributed by atoms with E-state index in [4.69, 9.17) is 5.73 Å². The molecule has 0 radical (unpaired) electrons. The van der Waals surface area contributed by atoms with Gasteiger partial charge >= 0.3 is 0 Å². The fourth-order valence-corrected chi connectivity index (χ4v) is 2.33. The number of H-pyrrole nitrogens is 1. The van der Waals surface area contributed by atoms with Gasteiger partial charge in [-0.15, -0.1) is 0 Å². The third-order valence-electron chi connectivity index (χ3n) is 3.74. The number of aromatic amines is 1. The third-order valence-corrected chi connectivity index (χ3v) is 3.74. The molecule has 1 rings (SSSR count). The Labute approximate surface area is 121 Å². The lowest BCUT2D eigenvalue weighted by atomic mass is 9.76. The molecule has 0 saturated heterocycles. The Morgan fingerprint density at radius 1 is 1.45 bits per heavy atom. The zero-order chi connectivity index (χ0) is 15.2. The first-order chi connectivity index (χ1) is 9.36. The summed E-state index contributed by atoms with van der Waals surface area (Å²) in [6, 6.07) is 1.87. The van der Waals surface area contributed by atoms with E-state index in [1.165, 1.54) is 0 Å². The molecular formula is C15H28N4O. The summed E-state index contributed by atoms with van der Waals surface area (Å²) in [6.45, 7) is 9.31. The Morgan fingerprint density at radius 2 is 2.15 bits per heavy atom. The van der Waals surface area contributed by atoms with Gasteiger partial charge in [-0.2, -0.15) is 5.10 Å². The average Bonchev–Trinajstić information content (AvgIpc) is 2.80. The highest BCUT2D eigenvalue weighted by atomic mass is 16.1. The van der Waals surface area contributed by atoms with Gasteiger partial charge in [0.25, 0.3) is 0 Å². The molecule has 0 saturated carbocycles. The lowest BCUT2D eigenvalue weighted by Gasteiger charge is -2.30. The highest BCUT2D eigenvalue weighted by Crippen LogP contribution is 2.32. The monoisotopic (exact) mass is 280 g/mol. The van der Waals surface area contributed by atoms with Gasteiger partial charge in [0.15, 0.2) is 5.82 Å². The lowest BCUT2D eigenvalue weighted by molar-refractivity contribution is -0.116. The maximum Gasteiger partial charge on any atom is 0.225 e. The normalized spacial score (nSPS) is 13.2. The minimum atomic E-state index is 0.0189. The minimum Gasteiger partial charge on any atom is -0.330 e. The van der Waals surface area contributed by atoms with Crippen LogP contribution >= 0.6 is 0 Å². The predicted molar refractivity (Wildman–Crippen MR) is 82.4 cm³/mol. The zero-order valence-electron chi connectivity index (χ0n) is 13.1. The minimum absolute atomic E-state index is 0.0189. The highest BCUT2D eigenvalue weighted by molar-refractivity contribution is 5.89. The number of carbonyl (C=O) groups is 1. The summed E-state index contributed by atoms with van der Waals surface area (Å²) in [7, 11) is 0. The van der Waals surface area contributed by atoms with Crippen molar-refractivity contribution in [3.05, 3.63) is 11.8 Å². The summed E-state index contributed by atoms with van der Waals surface area (Å²) in [6.07, 6.45) is 3.21. The van der Waals surface area contributed by atoms with E-state index in [0.717, 1.165) is 25.0 Å². The summed E-state index contributed by atoms with van der Waals surface area (Å²) in [5, 5.41) is 9.78. The molecule has 1 aromatic rings. The molecule has 0 aliphatic carbocycles. The Bertz CT molecular complexity index is 420. The summed E-state index contributed by atoms with van der Waals surface area (Å²) in [4.78, 5) is 11.9. The van der Waals surface area contributed by atoms with Crippen molar-refractivity contribution in [1.29, 1.82) is 0 Å². The van der Waals surface area contributed by atoms with Gasteiger partial charge in [0.2, 0.25) is 5.91 Å². The molecule has 5 nitrogen and oxygen atoms in total. The van der Waals surface area contributed by atoms with Crippen molar-refractivity contribution in [3.63, 3.8) is 0 Å². The van der Waals surface area contributed by atoms with E-state index in [1.54, 1.807) is 0 Å². The van der Waals surface area contributed by atoms with Crippen LogP contribution in [-0.2, 0) is 11.2 Å². The van der Waals surface area contributed by atoms with E-state index >= 15 is 0 Å². The van der Waals surface area contributed by atoms with Crippen molar-refractivity contribution in [1.82, 2.24) is 10.2 Å². The number of nitrogens with zero attached hydrogens (tertiary/aromatic N) is 1. The van der Waals surface area contributed by atoms with Crippen molar-refractivity contribution >= 4 is 11.7 Å². The van der Waals surface area contributed by atoms with Crippen LogP contribution in [0.4, 0.5) is 5.82 Å². The second-order valence-corrected chi connectivity index (χ2v) is 6.36. The van der Waals surface area contributed by atoms with Crippen LogP contribution in [0.1, 0.15) is 52.7 Å². The number of aryl methyl sites for hydroxylation is 1. The van der Waals surface area contributed by atoms with Crippen LogP contribution in [0.2, 0.25) is 0 Å². The first-order valence-electron chi connectivity index (χ1n) is 7.41. The molecule has 1 aromatic heterocycles. The summed E-state index contributed by atoms with van der Waals surface area (Å²) in [5.41, 5.74) is 6.87. The maximum atomic E-state index is 11.9. The van der Waals surface area contributed by atoms with Crippen LogP contribution in [0.3, 0.4) is 0 Å². The van der Waals surface area contributed by atoms with Crippen LogP contribution in [0.15, 0.2) is 6.07 Å². The molecule has 1 unspecified atom stereocenters. The molecule has 1 atom stereocenters. The Kier molecular flexibility index (Phi) is 6.20. The number of nitrogens with one attached hydrogen (secondary N) is 2. The van der Waals surface area contributed by atoms with Crippen molar-refractivity contribution in [2.45, 2.75) is 53.4 Å². The maximum absolute atomic E-state index is 11.9. The fourth-order valence-electron chi connectivity index (χ4n) is 2.33. The van der Waals surface area contributed by atoms with Crippen molar-refractivity contribution < 1.29 is 4.79 Å². The number of amides is 1. The lowest BCUT2D eigenvalue weighted by Crippen LogP contribution is -2.25. The molecule has 0 aliphatic heterocycles. The van der Waals surface area contributed by atoms with Crippen LogP contribution in [0, 0.1) is 11.3 Å². The Morgan fingerprint density at radius 3 is 2.65 bits per heavy atom. The number of hydrogen-bond acceptors (Lipinski definition) is 3. The summed E-state index contributed by atoms with van der Waals surface area (Å²) < 4.78 is 0.